The van der Waals surface area contributed by atoms with Gasteiger partial charge in [0, 0.05) is 21.5 Å². The summed E-state index contributed by atoms with van der Waals surface area (Å²) >= 11 is 0. The first-order valence-electron chi connectivity index (χ1n) is 33.4. The SMILES string of the molecule is Cc1cc(C)c(Oc2ccc(-c3cc(-c4ccc(Oc5c(C)cc(C)cc5C)c5ccccc45)c4ccc5c(-c6ccc(Oc7c(C)cc(C)cc7C)c7ccccc67)cc(-c6ccc(Oc7c(C)cc(C)cc7C)c7ccccc67)c6ccc3c4c65)c3ccccc23)c(C)c1. The molecule has 16 aromatic rings. The predicted octanol–water partition coefficient (Wildman–Crippen LogP) is 26.7. The Balaban J connectivity index is 1.00. The molecule has 0 aromatic heterocycles. The third-order valence-electron chi connectivity index (χ3n) is 19.9. The minimum atomic E-state index is 0.817. The molecule has 0 aliphatic rings. The summed E-state index contributed by atoms with van der Waals surface area (Å²) in [7, 11) is 0. The van der Waals surface area contributed by atoms with Crippen LogP contribution in [0.4, 0.5) is 0 Å². The van der Waals surface area contributed by atoms with Gasteiger partial charge >= 0.3 is 0 Å². The minimum Gasteiger partial charge on any atom is -0.456 e. The van der Waals surface area contributed by atoms with Crippen LogP contribution in [0.1, 0.15) is 66.8 Å². The molecular weight excluding hydrogens is 1170 g/mol. The molecule has 0 aliphatic carbocycles. The molecule has 0 N–H and O–H groups in total. The van der Waals surface area contributed by atoms with Crippen molar-refractivity contribution < 1.29 is 18.9 Å². The largest absolute Gasteiger partial charge is 0.456 e. The molecule has 0 fully saturated rings. The maximum absolute atomic E-state index is 7.04. The van der Waals surface area contributed by atoms with Crippen LogP contribution < -0.4 is 18.9 Å². The number of fused-ring (bicyclic) bond motifs is 4. The topological polar surface area (TPSA) is 36.9 Å². The lowest BCUT2D eigenvalue weighted by atomic mass is 9.80. The van der Waals surface area contributed by atoms with E-state index in [1.165, 1.54) is 33.0 Å². The van der Waals surface area contributed by atoms with Crippen molar-refractivity contribution in [2.24, 2.45) is 0 Å². The number of hydrogen-bond donors (Lipinski definition) is 0. The van der Waals surface area contributed by atoms with E-state index in [1.54, 1.807) is 0 Å². The Morgan fingerprint density at radius 3 is 0.552 bits per heavy atom. The van der Waals surface area contributed by atoms with E-state index in [2.05, 4.69) is 314 Å². The monoisotopic (exact) mass is 1240 g/mol. The van der Waals surface area contributed by atoms with E-state index in [0.29, 0.717) is 0 Å². The number of rotatable bonds is 12. The normalized spacial score (nSPS) is 11.8. The molecule has 0 atom stereocenters. The van der Waals surface area contributed by atoms with Crippen LogP contribution in [0.25, 0.3) is 120 Å². The van der Waals surface area contributed by atoms with Crippen molar-refractivity contribution in [2.45, 2.75) is 83.1 Å². The van der Waals surface area contributed by atoms with Gasteiger partial charge in [0.2, 0.25) is 0 Å². The van der Waals surface area contributed by atoms with E-state index >= 15 is 0 Å². The molecule has 0 unspecified atom stereocenters. The van der Waals surface area contributed by atoms with Crippen molar-refractivity contribution in [3.05, 3.63) is 297 Å². The standard InChI is InChI=1S/C92H74O4/c1-51-41-55(5)89(56(6)42-51)93-83-37-33-67(63-21-13-17-25-71(63)83)79-49-80(68-34-38-84(72-26-18-14-22-64(68)72)94-90-57(7)43-52(2)44-58(90)8)76-31-32-78-82(70-36-40-86(74-28-20-16-24-66(70)74)96-92-61(11)47-54(4)48-62(92)12)50-81(77-30-29-75(79)87(76)88(77)78)69-35-39-85(73-27-19-15-23-65(69)73)95-91-59(9)45-53(3)46-60(91)10/h13-50H,1-12H3. The van der Waals surface area contributed by atoms with E-state index in [0.717, 1.165) is 200 Å². The molecule has 0 amide bonds. The van der Waals surface area contributed by atoms with E-state index in [-0.39, 0.29) is 0 Å². The van der Waals surface area contributed by atoms with Crippen molar-refractivity contribution in [3.63, 3.8) is 0 Å². The van der Waals surface area contributed by atoms with Crippen LogP contribution in [0.3, 0.4) is 0 Å². The van der Waals surface area contributed by atoms with E-state index in [1.807, 2.05) is 0 Å². The van der Waals surface area contributed by atoms with Gasteiger partial charge in [-0.1, -0.05) is 216 Å². The molecule has 4 heteroatoms. The molecule has 0 spiro atoms. The summed E-state index contributed by atoms with van der Waals surface area (Å²) in [5.41, 5.74) is 22.7. The second-order valence-electron chi connectivity index (χ2n) is 27.0. The summed E-state index contributed by atoms with van der Waals surface area (Å²) in [5, 5.41) is 15.6. The fourth-order valence-electron chi connectivity index (χ4n) is 16.0. The van der Waals surface area contributed by atoms with E-state index in [4.69, 9.17) is 18.9 Å². The highest BCUT2D eigenvalue weighted by Crippen LogP contribution is 2.54. The van der Waals surface area contributed by atoms with Gasteiger partial charge in [0.15, 0.2) is 0 Å². The zero-order valence-corrected chi connectivity index (χ0v) is 56.6. The van der Waals surface area contributed by atoms with Gasteiger partial charge in [0.05, 0.1) is 0 Å². The first-order chi connectivity index (χ1) is 46.5. The van der Waals surface area contributed by atoms with Crippen LogP contribution in [0.2, 0.25) is 0 Å². The lowest BCUT2D eigenvalue weighted by Gasteiger charge is -2.24. The highest BCUT2D eigenvalue weighted by atomic mass is 16.5. The van der Waals surface area contributed by atoms with Crippen LogP contribution in [0, 0.1) is 83.1 Å². The molecule has 4 nitrogen and oxygen atoms in total. The molecule has 16 aromatic carbocycles. The molecule has 0 saturated heterocycles. The third kappa shape index (κ3) is 10.0. The summed E-state index contributed by atoms with van der Waals surface area (Å²) in [6.07, 6.45) is 0. The van der Waals surface area contributed by atoms with Gasteiger partial charge in [-0.15, -0.1) is 0 Å². The Morgan fingerprint density at radius 1 is 0.167 bits per heavy atom. The summed E-state index contributed by atoms with van der Waals surface area (Å²) in [6.45, 7) is 25.7. The number of aryl methyl sites for hydroxylation is 12. The number of benzene rings is 16. The molecule has 0 heterocycles. The molecule has 16 rings (SSSR count). The van der Waals surface area contributed by atoms with Crippen LogP contribution in [0.5, 0.6) is 46.0 Å². The number of hydrogen-bond acceptors (Lipinski definition) is 4. The maximum atomic E-state index is 7.04. The third-order valence-corrected chi connectivity index (χ3v) is 19.9. The Morgan fingerprint density at radius 2 is 0.354 bits per heavy atom. The van der Waals surface area contributed by atoms with Crippen molar-refractivity contribution in [1.29, 1.82) is 0 Å². The summed E-state index contributed by atoms with van der Waals surface area (Å²) < 4.78 is 28.2. The zero-order valence-electron chi connectivity index (χ0n) is 56.6. The highest BCUT2D eigenvalue weighted by Gasteiger charge is 2.26. The zero-order chi connectivity index (χ0) is 65.9. The summed E-state index contributed by atoms with van der Waals surface area (Å²) in [4.78, 5) is 0. The summed E-state index contributed by atoms with van der Waals surface area (Å²) in [5.74, 6) is 6.83. The van der Waals surface area contributed by atoms with Crippen molar-refractivity contribution in [2.75, 3.05) is 0 Å². The maximum Gasteiger partial charge on any atom is 0.135 e. The Labute approximate surface area is 561 Å². The summed E-state index contributed by atoms with van der Waals surface area (Å²) in [6, 6.07) is 85.0. The van der Waals surface area contributed by atoms with Gasteiger partial charge in [-0.3, -0.25) is 0 Å². The lowest BCUT2D eigenvalue weighted by molar-refractivity contribution is 0.480. The Hall–Kier alpha value is -11.2. The molecule has 0 saturated carbocycles. The van der Waals surface area contributed by atoms with Crippen LogP contribution in [-0.4, -0.2) is 0 Å². The van der Waals surface area contributed by atoms with Gasteiger partial charge in [0.1, 0.15) is 46.0 Å². The second kappa shape index (κ2) is 23.4. The van der Waals surface area contributed by atoms with E-state index in [9.17, 15) is 0 Å². The first kappa shape index (κ1) is 59.8. The molecule has 466 valence electrons. The van der Waals surface area contributed by atoms with Gasteiger partial charge in [-0.25, -0.2) is 0 Å². The Bertz CT molecular complexity index is 5110. The predicted molar refractivity (Wildman–Crippen MR) is 405 cm³/mol. The molecule has 0 aliphatic heterocycles. The van der Waals surface area contributed by atoms with Gasteiger partial charge in [0.25, 0.3) is 0 Å². The van der Waals surface area contributed by atoms with E-state index < -0.39 is 0 Å². The average molecular weight is 1240 g/mol. The molecular formula is C92H74O4. The molecule has 96 heavy (non-hydrogen) atoms. The van der Waals surface area contributed by atoms with Crippen LogP contribution in [0.15, 0.2) is 231 Å². The van der Waals surface area contributed by atoms with Crippen molar-refractivity contribution >= 4 is 75.4 Å². The van der Waals surface area contributed by atoms with Crippen LogP contribution >= 0.6 is 0 Å². The number of ether oxygens (including phenoxy) is 4. The fraction of sp³-hybridized carbons (Fsp3) is 0.130. The van der Waals surface area contributed by atoms with Gasteiger partial charge in [-0.2, -0.15) is 0 Å². The quantitative estimate of drug-likeness (QED) is 0.114. The second-order valence-corrected chi connectivity index (χ2v) is 27.0. The minimum absolute atomic E-state index is 0.817. The highest BCUT2D eigenvalue weighted by molar-refractivity contribution is 6.34. The Kier molecular flexibility index (Phi) is 14.6. The average Bonchev–Trinajstić information content (AvgIpc) is 0.700. The molecule has 0 bridgehead atoms. The van der Waals surface area contributed by atoms with Crippen LogP contribution in [-0.2, 0) is 0 Å². The van der Waals surface area contributed by atoms with Crippen molar-refractivity contribution in [1.82, 2.24) is 0 Å². The molecule has 0 radical (unpaired) electrons. The lowest BCUT2D eigenvalue weighted by Crippen LogP contribution is -1.97. The smallest absolute Gasteiger partial charge is 0.135 e. The van der Waals surface area contributed by atoms with Gasteiger partial charge < -0.3 is 18.9 Å². The fourth-order valence-corrected chi connectivity index (χ4v) is 16.0. The first-order valence-corrected chi connectivity index (χ1v) is 33.4. The van der Waals surface area contributed by atoms with Gasteiger partial charge in [-0.05, 0) is 262 Å². The van der Waals surface area contributed by atoms with Crippen molar-refractivity contribution in [3.8, 4) is 90.5 Å².